The standard InChI is InChI=1S/C17H22N2O11/c1-8(20)26-7-14(27-9(2)21)16(29-11(4)23)17(30-12(5)24)15(28-10(3)22)13(25)6-19-18/h6,14-17H,7H2,1-5H3/t14-,15+,16+,17-/m1/s1. The Bertz CT molecular complexity index is 742. The number of Topliss-reactive ketones (excluding diaryl/α,β-unsaturated/α-hetero) is 1. The molecule has 13 heteroatoms. The molecule has 0 fully saturated rings. The smallest absolute Gasteiger partial charge is 0.327 e. The lowest BCUT2D eigenvalue weighted by Crippen LogP contribution is -2.55. The topological polar surface area (TPSA) is 185 Å². The van der Waals surface area contributed by atoms with Crippen LogP contribution in [-0.2, 0) is 52.5 Å². The van der Waals surface area contributed by atoms with Crippen molar-refractivity contribution in [2.45, 2.75) is 59.0 Å². The Morgan fingerprint density at radius 2 is 1.20 bits per heavy atom. The van der Waals surface area contributed by atoms with Gasteiger partial charge in [-0.1, -0.05) is 0 Å². The molecule has 0 aliphatic carbocycles. The summed E-state index contributed by atoms with van der Waals surface area (Å²) in [6, 6.07) is 0. The van der Waals surface area contributed by atoms with E-state index in [0.29, 0.717) is 6.21 Å². The Morgan fingerprint density at radius 1 is 0.733 bits per heavy atom. The maximum atomic E-state index is 12.3. The van der Waals surface area contributed by atoms with Crippen molar-refractivity contribution in [3.05, 3.63) is 5.53 Å². The van der Waals surface area contributed by atoms with E-state index in [4.69, 9.17) is 29.2 Å². The molecule has 0 aliphatic heterocycles. The molecule has 0 N–H and O–H groups in total. The molecule has 0 aromatic rings. The molecule has 0 unspecified atom stereocenters. The molecule has 0 radical (unpaired) electrons. The van der Waals surface area contributed by atoms with Crippen LogP contribution in [0.25, 0.3) is 5.53 Å². The summed E-state index contributed by atoms with van der Waals surface area (Å²) in [5, 5.41) is 0. The molecular weight excluding hydrogens is 408 g/mol. The average molecular weight is 430 g/mol. The van der Waals surface area contributed by atoms with Gasteiger partial charge in [-0.3, -0.25) is 28.8 Å². The van der Waals surface area contributed by atoms with Gasteiger partial charge in [0.1, 0.15) is 6.61 Å². The Hall–Kier alpha value is -3.60. The van der Waals surface area contributed by atoms with Crippen LogP contribution in [-0.4, -0.2) is 77.7 Å². The minimum Gasteiger partial charge on any atom is -0.462 e. The number of rotatable bonds is 11. The van der Waals surface area contributed by atoms with Crippen molar-refractivity contribution in [3.8, 4) is 0 Å². The van der Waals surface area contributed by atoms with Gasteiger partial charge in [0.2, 0.25) is 6.10 Å². The monoisotopic (exact) mass is 430 g/mol. The van der Waals surface area contributed by atoms with Crippen molar-refractivity contribution in [3.63, 3.8) is 0 Å². The second-order valence-corrected chi connectivity index (χ2v) is 5.78. The van der Waals surface area contributed by atoms with Gasteiger partial charge in [-0.2, -0.15) is 4.79 Å². The number of carbonyl (C=O) groups is 6. The second kappa shape index (κ2) is 12.8. The maximum absolute atomic E-state index is 12.3. The molecule has 166 valence electrons. The first-order valence-electron chi connectivity index (χ1n) is 8.42. The third kappa shape index (κ3) is 10.1. The van der Waals surface area contributed by atoms with Crippen LogP contribution in [0.1, 0.15) is 34.6 Å². The zero-order valence-corrected chi connectivity index (χ0v) is 17.0. The van der Waals surface area contributed by atoms with Gasteiger partial charge < -0.3 is 29.2 Å². The van der Waals surface area contributed by atoms with Gasteiger partial charge in [0, 0.05) is 34.6 Å². The highest BCUT2D eigenvalue weighted by molar-refractivity contribution is 6.27. The highest BCUT2D eigenvalue weighted by Crippen LogP contribution is 2.20. The fourth-order valence-corrected chi connectivity index (χ4v) is 2.24. The van der Waals surface area contributed by atoms with Crippen LogP contribution in [0.3, 0.4) is 0 Å². The molecular formula is C17H22N2O11. The Morgan fingerprint density at radius 3 is 1.60 bits per heavy atom. The summed E-state index contributed by atoms with van der Waals surface area (Å²) < 4.78 is 24.7. The number of hydrogen-bond acceptors (Lipinski definition) is 11. The first-order chi connectivity index (χ1) is 13.9. The van der Waals surface area contributed by atoms with Crippen molar-refractivity contribution in [2.24, 2.45) is 0 Å². The van der Waals surface area contributed by atoms with Gasteiger partial charge in [-0.15, -0.1) is 0 Å². The summed E-state index contributed by atoms with van der Waals surface area (Å²) in [4.78, 5) is 72.3. The Labute approximate surface area is 171 Å². The molecule has 0 spiro atoms. The summed E-state index contributed by atoms with van der Waals surface area (Å²) >= 11 is 0. The largest absolute Gasteiger partial charge is 0.462 e. The van der Waals surface area contributed by atoms with E-state index >= 15 is 0 Å². The van der Waals surface area contributed by atoms with Crippen LogP contribution >= 0.6 is 0 Å². The van der Waals surface area contributed by atoms with E-state index in [-0.39, 0.29) is 0 Å². The predicted molar refractivity (Wildman–Crippen MR) is 93.5 cm³/mol. The van der Waals surface area contributed by atoms with E-state index in [0.717, 1.165) is 34.6 Å². The number of ketones is 1. The van der Waals surface area contributed by atoms with E-state index in [2.05, 4.69) is 4.79 Å². The molecule has 0 aromatic carbocycles. The minimum atomic E-state index is -1.96. The van der Waals surface area contributed by atoms with Crippen molar-refractivity contribution in [1.29, 1.82) is 0 Å². The molecule has 0 amide bonds. The summed E-state index contributed by atoms with van der Waals surface area (Å²) in [7, 11) is 0. The molecule has 0 heterocycles. The van der Waals surface area contributed by atoms with Crippen LogP contribution in [0, 0.1) is 0 Å². The fourth-order valence-electron chi connectivity index (χ4n) is 2.24. The SMILES string of the molecule is CC(=O)OC[C@@H](OC(C)=O)[C@H](OC(C)=O)[C@H](OC(C)=O)[C@@H](OC(C)=O)C(=O)C=[N+]=[N-]. The molecule has 0 aliphatic rings. The van der Waals surface area contributed by atoms with Gasteiger partial charge in [-0.25, -0.2) is 0 Å². The maximum Gasteiger partial charge on any atom is 0.327 e. The average Bonchev–Trinajstić information content (AvgIpc) is 2.59. The van der Waals surface area contributed by atoms with E-state index in [1.165, 1.54) is 0 Å². The zero-order valence-electron chi connectivity index (χ0n) is 17.0. The minimum absolute atomic E-state index is 0.363. The van der Waals surface area contributed by atoms with Gasteiger partial charge in [0.05, 0.1) is 0 Å². The highest BCUT2D eigenvalue weighted by atomic mass is 16.6. The number of hydrogen-bond donors (Lipinski definition) is 0. The molecule has 30 heavy (non-hydrogen) atoms. The third-order valence-electron chi connectivity index (χ3n) is 3.12. The van der Waals surface area contributed by atoms with Crippen LogP contribution in [0.15, 0.2) is 0 Å². The van der Waals surface area contributed by atoms with Crippen LogP contribution in [0.2, 0.25) is 0 Å². The lowest BCUT2D eigenvalue weighted by Gasteiger charge is -2.33. The molecule has 0 bridgehead atoms. The van der Waals surface area contributed by atoms with Gasteiger partial charge in [0.15, 0.2) is 18.3 Å². The van der Waals surface area contributed by atoms with Crippen molar-refractivity contribution < 1.29 is 57.2 Å². The molecule has 13 nitrogen and oxygen atoms in total. The second-order valence-electron chi connectivity index (χ2n) is 5.78. The van der Waals surface area contributed by atoms with Crippen LogP contribution in [0.5, 0.6) is 0 Å². The van der Waals surface area contributed by atoms with Crippen molar-refractivity contribution in [1.82, 2.24) is 0 Å². The Kier molecular flexibility index (Phi) is 11.2. The number of nitrogens with zero attached hydrogens (tertiary/aromatic N) is 2. The van der Waals surface area contributed by atoms with E-state index < -0.39 is 66.7 Å². The Balaban J connectivity index is 6.44. The summed E-state index contributed by atoms with van der Waals surface area (Å²) in [5.74, 6) is -5.76. The number of carbonyl (C=O) groups excluding carboxylic acids is 6. The molecule has 4 atom stereocenters. The summed E-state index contributed by atoms with van der Waals surface area (Å²) in [5.41, 5.74) is 8.63. The molecule has 0 saturated carbocycles. The molecule has 0 rings (SSSR count). The van der Waals surface area contributed by atoms with Gasteiger partial charge >= 0.3 is 36.1 Å². The van der Waals surface area contributed by atoms with E-state index in [1.807, 2.05) is 0 Å². The number of esters is 5. The van der Waals surface area contributed by atoms with Gasteiger partial charge in [-0.05, 0) is 0 Å². The quantitative estimate of drug-likeness (QED) is 0.131. The van der Waals surface area contributed by atoms with E-state index in [1.54, 1.807) is 0 Å². The summed E-state index contributed by atoms with van der Waals surface area (Å²) in [6.45, 7) is 4.24. The molecule has 0 aromatic heterocycles. The van der Waals surface area contributed by atoms with Gasteiger partial charge in [0.25, 0.3) is 5.78 Å². The third-order valence-corrected chi connectivity index (χ3v) is 3.12. The normalized spacial score (nSPS) is 13.9. The van der Waals surface area contributed by atoms with Crippen LogP contribution in [0.4, 0.5) is 0 Å². The summed E-state index contributed by atoms with van der Waals surface area (Å²) in [6.07, 6.45) is -6.77. The van der Waals surface area contributed by atoms with Crippen LogP contribution < -0.4 is 0 Å². The van der Waals surface area contributed by atoms with Crippen molar-refractivity contribution in [2.75, 3.05) is 6.61 Å². The lowest BCUT2D eigenvalue weighted by molar-refractivity contribution is -0.202. The highest BCUT2D eigenvalue weighted by Gasteiger charge is 2.47. The first-order valence-corrected chi connectivity index (χ1v) is 8.42. The first kappa shape index (κ1) is 26.4. The molecule has 0 saturated heterocycles. The van der Waals surface area contributed by atoms with E-state index in [9.17, 15) is 28.8 Å². The van der Waals surface area contributed by atoms with Crippen molar-refractivity contribution >= 4 is 41.8 Å². The lowest BCUT2D eigenvalue weighted by atomic mass is 9.99. The number of ether oxygens (including phenoxy) is 5. The predicted octanol–water partition coefficient (Wildman–Crippen LogP) is -0.854. The fraction of sp³-hybridized carbons (Fsp3) is 0.588. The zero-order chi connectivity index (χ0) is 23.4.